The molecule has 0 radical (unpaired) electrons. The molecule has 7 heteroatoms. The monoisotopic (exact) mass is 289 g/mol. The molecule has 2 amide bonds. The summed E-state index contributed by atoms with van der Waals surface area (Å²) in [6, 6.07) is 7.65. The van der Waals surface area contributed by atoms with Gasteiger partial charge in [-0.25, -0.2) is 4.79 Å². The minimum absolute atomic E-state index is 0.218. The van der Waals surface area contributed by atoms with Gasteiger partial charge in [0.05, 0.1) is 6.54 Å². The van der Waals surface area contributed by atoms with Crippen LogP contribution in [0.5, 0.6) is 0 Å². The molecule has 112 valence electrons. The second-order valence-electron chi connectivity index (χ2n) is 4.56. The highest BCUT2D eigenvalue weighted by Crippen LogP contribution is 2.17. The molecule has 2 rings (SSSR count). The van der Waals surface area contributed by atoms with Crippen LogP contribution in [-0.2, 0) is 6.54 Å². The van der Waals surface area contributed by atoms with Gasteiger partial charge in [-0.1, -0.05) is 24.2 Å². The van der Waals surface area contributed by atoms with Crippen LogP contribution in [0.1, 0.15) is 31.3 Å². The van der Waals surface area contributed by atoms with E-state index in [4.69, 9.17) is 0 Å². The van der Waals surface area contributed by atoms with Gasteiger partial charge in [0.15, 0.2) is 5.82 Å². The van der Waals surface area contributed by atoms with Gasteiger partial charge in [0, 0.05) is 11.7 Å². The summed E-state index contributed by atoms with van der Waals surface area (Å²) in [6.07, 6.45) is 1.22. The van der Waals surface area contributed by atoms with Crippen molar-refractivity contribution in [1.29, 1.82) is 0 Å². The number of nitrogens with one attached hydrogen (secondary N) is 3. The summed E-state index contributed by atoms with van der Waals surface area (Å²) in [4.78, 5) is 15.6. The summed E-state index contributed by atoms with van der Waals surface area (Å²) in [5, 5.41) is 12.4. The number of aromatic nitrogens is 2. The number of urea groups is 1. The Morgan fingerprint density at radius 3 is 3.00 bits per heavy atom. The molecule has 0 saturated heterocycles. The molecule has 0 bridgehead atoms. The van der Waals surface area contributed by atoms with E-state index in [1.54, 1.807) is 0 Å². The largest absolute Gasteiger partial charge is 0.343 e. The number of benzene rings is 1. The van der Waals surface area contributed by atoms with Gasteiger partial charge in [0.25, 0.3) is 0 Å². The molecule has 0 spiro atoms. The Morgan fingerprint density at radius 1 is 1.43 bits per heavy atom. The van der Waals surface area contributed by atoms with Crippen LogP contribution in [-0.4, -0.2) is 22.7 Å². The maximum Gasteiger partial charge on any atom is 0.319 e. The third-order valence-electron chi connectivity index (χ3n) is 2.97. The average Bonchev–Trinajstić information content (AvgIpc) is 2.99. The second-order valence-corrected chi connectivity index (χ2v) is 4.56. The predicted molar refractivity (Wildman–Crippen MR) is 78.7 cm³/mol. The van der Waals surface area contributed by atoms with E-state index in [9.17, 15) is 4.79 Å². The molecule has 7 nitrogen and oxygen atoms in total. The second kappa shape index (κ2) is 7.39. The van der Waals surface area contributed by atoms with Crippen molar-refractivity contribution in [3.63, 3.8) is 0 Å². The number of hydrogen-bond acceptors (Lipinski definition) is 5. The molecule has 1 unspecified atom stereocenters. The van der Waals surface area contributed by atoms with Crippen molar-refractivity contribution >= 4 is 11.7 Å². The Morgan fingerprint density at radius 2 is 2.29 bits per heavy atom. The van der Waals surface area contributed by atoms with Gasteiger partial charge in [-0.3, -0.25) is 0 Å². The van der Waals surface area contributed by atoms with E-state index in [1.165, 1.54) is 6.39 Å². The van der Waals surface area contributed by atoms with Gasteiger partial charge < -0.3 is 20.5 Å². The van der Waals surface area contributed by atoms with Crippen LogP contribution in [0.15, 0.2) is 35.2 Å². The summed E-state index contributed by atoms with van der Waals surface area (Å²) < 4.78 is 4.59. The van der Waals surface area contributed by atoms with Gasteiger partial charge in [0.1, 0.15) is 0 Å². The summed E-state index contributed by atoms with van der Waals surface area (Å²) in [5.74, 6) is 0.430. The van der Waals surface area contributed by atoms with Crippen molar-refractivity contribution in [2.75, 3.05) is 11.9 Å². The minimum atomic E-state index is -0.312. The van der Waals surface area contributed by atoms with E-state index >= 15 is 0 Å². The molecule has 0 fully saturated rings. The fourth-order valence-electron chi connectivity index (χ4n) is 1.91. The lowest BCUT2D eigenvalue weighted by Crippen LogP contribution is -2.28. The highest BCUT2D eigenvalue weighted by atomic mass is 16.5. The zero-order valence-electron chi connectivity index (χ0n) is 12.1. The number of carbonyl (C=O) groups excluding carboxylic acids is 1. The minimum Gasteiger partial charge on any atom is -0.343 e. The molecule has 0 aliphatic carbocycles. The Bertz CT molecular complexity index is 571. The van der Waals surface area contributed by atoms with E-state index < -0.39 is 0 Å². The topological polar surface area (TPSA) is 92.1 Å². The molecule has 1 heterocycles. The summed E-state index contributed by atoms with van der Waals surface area (Å²) in [7, 11) is 0. The van der Waals surface area contributed by atoms with Gasteiger partial charge in [0.2, 0.25) is 6.39 Å². The van der Waals surface area contributed by atoms with Gasteiger partial charge in [-0.05, 0) is 31.2 Å². The van der Waals surface area contributed by atoms with Crippen molar-refractivity contribution in [1.82, 2.24) is 20.8 Å². The molecular formula is C14H19N5O2. The molecule has 21 heavy (non-hydrogen) atoms. The Hall–Kier alpha value is -2.41. The summed E-state index contributed by atoms with van der Waals surface area (Å²) in [5.41, 5.74) is 1.86. The van der Waals surface area contributed by atoms with Crippen LogP contribution < -0.4 is 16.0 Å². The molecule has 1 aromatic heterocycles. The number of anilines is 1. The van der Waals surface area contributed by atoms with E-state index in [0.29, 0.717) is 5.82 Å². The summed E-state index contributed by atoms with van der Waals surface area (Å²) >= 11 is 0. The number of nitrogens with zero attached hydrogens (tertiary/aromatic N) is 2. The first-order valence-electron chi connectivity index (χ1n) is 6.82. The van der Waals surface area contributed by atoms with E-state index in [1.807, 2.05) is 24.3 Å². The molecular weight excluding hydrogens is 270 g/mol. The number of amides is 2. The van der Waals surface area contributed by atoms with E-state index in [2.05, 4.69) is 44.5 Å². The number of carbonyl (C=O) groups is 1. The molecule has 0 aliphatic heterocycles. The zero-order valence-corrected chi connectivity index (χ0v) is 12.1. The molecule has 1 aromatic carbocycles. The van der Waals surface area contributed by atoms with Crippen LogP contribution in [0.4, 0.5) is 10.5 Å². The fraction of sp³-hybridized carbons (Fsp3) is 0.357. The van der Waals surface area contributed by atoms with Crippen molar-refractivity contribution in [2.24, 2.45) is 0 Å². The zero-order chi connectivity index (χ0) is 15.1. The van der Waals surface area contributed by atoms with Crippen LogP contribution in [0, 0.1) is 0 Å². The van der Waals surface area contributed by atoms with Crippen molar-refractivity contribution in [3.8, 4) is 0 Å². The first-order valence-corrected chi connectivity index (χ1v) is 6.82. The number of hydrogen-bond donors (Lipinski definition) is 3. The lowest BCUT2D eigenvalue weighted by molar-refractivity contribution is 0.251. The van der Waals surface area contributed by atoms with Crippen LogP contribution in [0.3, 0.4) is 0 Å². The number of rotatable bonds is 6. The normalized spacial score (nSPS) is 11.9. The van der Waals surface area contributed by atoms with Crippen LogP contribution in [0.25, 0.3) is 0 Å². The third-order valence-corrected chi connectivity index (χ3v) is 2.97. The standard InChI is InChI=1S/C14H19N5O2/c1-3-15-10(2)11-5-4-6-12(7-11)18-14(20)16-8-13-17-9-21-19-13/h4-7,9-10,15H,3,8H2,1-2H3,(H2,16,18,20). The van der Waals surface area contributed by atoms with E-state index in [0.717, 1.165) is 17.8 Å². The maximum atomic E-state index is 11.8. The third kappa shape index (κ3) is 4.57. The SMILES string of the molecule is CCNC(C)c1cccc(NC(=O)NCc2ncon2)c1. The quantitative estimate of drug-likeness (QED) is 0.757. The Labute approximate surface area is 123 Å². The lowest BCUT2D eigenvalue weighted by Gasteiger charge is -2.14. The maximum absolute atomic E-state index is 11.8. The first kappa shape index (κ1) is 15.0. The molecule has 3 N–H and O–H groups in total. The van der Waals surface area contributed by atoms with Gasteiger partial charge in [-0.2, -0.15) is 4.98 Å². The first-order chi connectivity index (χ1) is 10.2. The molecule has 2 aromatic rings. The predicted octanol–water partition coefficient (Wildman–Crippen LogP) is 2.06. The summed E-state index contributed by atoms with van der Waals surface area (Å²) in [6.45, 7) is 5.25. The highest BCUT2D eigenvalue weighted by molar-refractivity contribution is 5.89. The van der Waals surface area contributed by atoms with E-state index in [-0.39, 0.29) is 18.6 Å². The Kier molecular flexibility index (Phi) is 5.28. The van der Waals surface area contributed by atoms with Crippen molar-refractivity contribution in [3.05, 3.63) is 42.0 Å². The average molecular weight is 289 g/mol. The van der Waals surface area contributed by atoms with Gasteiger partial charge >= 0.3 is 6.03 Å². The van der Waals surface area contributed by atoms with Crippen LogP contribution in [0.2, 0.25) is 0 Å². The van der Waals surface area contributed by atoms with Gasteiger partial charge in [-0.15, -0.1) is 0 Å². The molecule has 0 saturated carbocycles. The smallest absolute Gasteiger partial charge is 0.319 e. The van der Waals surface area contributed by atoms with Crippen molar-refractivity contribution in [2.45, 2.75) is 26.4 Å². The molecule has 1 atom stereocenters. The lowest BCUT2D eigenvalue weighted by atomic mass is 10.1. The van der Waals surface area contributed by atoms with Crippen LogP contribution >= 0.6 is 0 Å². The fourth-order valence-corrected chi connectivity index (χ4v) is 1.91. The molecule has 0 aliphatic rings. The Balaban J connectivity index is 1.89. The van der Waals surface area contributed by atoms with Crippen molar-refractivity contribution < 1.29 is 9.32 Å². The highest BCUT2D eigenvalue weighted by Gasteiger charge is 2.07.